The second-order valence-corrected chi connectivity index (χ2v) is 8.07. The Bertz CT molecular complexity index is 804. The van der Waals surface area contributed by atoms with Crippen LogP contribution in [0.2, 0.25) is 0 Å². The van der Waals surface area contributed by atoms with Gasteiger partial charge in [-0.25, -0.2) is 4.39 Å². The lowest BCUT2D eigenvalue weighted by atomic mass is 10.0. The zero-order valence-corrected chi connectivity index (χ0v) is 20.5. The Morgan fingerprint density at radius 3 is 2.73 bits per heavy atom. The van der Waals surface area contributed by atoms with E-state index in [0.717, 1.165) is 74.7 Å². The van der Waals surface area contributed by atoms with Crippen LogP contribution in [0.25, 0.3) is 10.9 Å². The molecule has 3 N–H and O–H groups in total. The van der Waals surface area contributed by atoms with E-state index in [2.05, 4.69) is 39.4 Å². The van der Waals surface area contributed by atoms with E-state index in [9.17, 15) is 4.39 Å². The van der Waals surface area contributed by atoms with Gasteiger partial charge in [-0.3, -0.25) is 9.89 Å². The summed E-state index contributed by atoms with van der Waals surface area (Å²) in [6, 6.07) is 5.32. The number of H-pyrrole nitrogens is 1. The summed E-state index contributed by atoms with van der Waals surface area (Å²) in [5, 5.41) is 7.82. The van der Waals surface area contributed by atoms with E-state index in [0.29, 0.717) is 12.0 Å². The van der Waals surface area contributed by atoms with Gasteiger partial charge in [0.1, 0.15) is 5.82 Å². The van der Waals surface area contributed by atoms with Crippen molar-refractivity contribution in [2.45, 2.75) is 32.7 Å². The second kappa shape index (κ2) is 12.5. The Morgan fingerprint density at radius 1 is 1.27 bits per heavy atom. The number of benzene rings is 1. The Balaban J connectivity index is 0.00000320. The first kappa shape index (κ1) is 24.9. The molecule has 1 aromatic carbocycles. The molecule has 0 amide bonds. The number of fused-ring (bicyclic) bond motifs is 1. The van der Waals surface area contributed by atoms with E-state index in [1.165, 1.54) is 6.07 Å². The number of guanidine groups is 1. The summed E-state index contributed by atoms with van der Waals surface area (Å²) >= 11 is 0. The first-order chi connectivity index (χ1) is 14.1. The first-order valence-corrected chi connectivity index (χ1v) is 10.6. The Hall–Kier alpha value is -1.39. The van der Waals surface area contributed by atoms with Crippen LogP contribution in [0, 0.1) is 11.7 Å². The van der Waals surface area contributed by atoms with Gasteiger partial charge >= 0.3 is 0 Å². The molecular weight excluding hydrogens is 496 g/mol. The van der Waals surface area contributed by atoms with Crippen LogP contribution in [0.3, 0.4) is 0 Å². The molecule has 1 aliphatic heterocycles. The van der Waals surface area contributed by atoms with Crippen molar-refractivity contribution >= 4 is 40.8 Å². The van der Waals surface area contributed by atoms with Crippen molar-refractivity contribution in [1.82, 2.24) is 20.5 Å². The molecule has 0 bridgehead atoms. The topological polar surface area (TPSA) is 64.7 Å². The number of halogens is 2. The van der Waals surface area contributed by atoms with Gasteiger partial charge in [0.25, 0.3) is 0 Å². The standard InChI is InChI=1S/C22H34FN5O.HI/c1-16(2)12-19(28-8-10-29-11-9-28)15-27-22(24-3)25-7-6-17-14-26-21-5-4-18(23)13-20(17)21;/h4-5,13-14,16,19,26H,6-12,15H2,1-3H3,(H2,24,25,27);1H. The third kappa shape index (κ3) is 7.09. The van der Waals surface area contributed by atoms with Crippen LogP contribution in [-0.2, 0) is 11.2 Å². The molecule has 0 radical (unpaired) electrons. The molecule has 1 aliphatic rings. The van der Waals surface area contributed by atoms with Crippen LogP contribution >= 0.6 is 24.0 Å². The highest BCUT2D eigenvalue weighted by atomic mass is 127. The highest BCUT2D eigenvalue weighted by Crippen LogP contribution is 2.19. The number of ether oxygens (including phenoxy) is 1. The van der Waals surface area contributed by atoms with Crippen molar-refractivity contribution in [3.63, 3.8) is 0 Å². The minimum Gasteiger partial charge on any atom is -0.379 e. The lowest BCUT2D eigenvalue weighted by Gasteiger charge is -2.35. The number of nitrogens with zero attached hydrogens (tertiary/aromatic N) is 2. The summed E-state index contributed by atoms with van der Waals surface area (Å²) in [6.07, 6.45) is 3.90. The molecule has 2 heterocycles. The number of hydrogen-bond donors (Lipinski definition) is 3. The fourth-order valence-electron chi connectivity index (χ4n) is 3.96. The molecule has 1 aromatic heterocycles. The highest BCUT2D eigenvalue weighted by molar-refractivity contribution is 14.0. The molecule has 1 saturated heterocycles. The highest BCUT2D eigenvalue weighted by Gasteiger charge is 2.22. The smallest absolute Gasteiger partial charge is 0.191 e. The molecule has 0 spiro atoms. The predicted octanol–water partition coefficient (Wildman–Crippen LogP) is 3.38. The molecule has 0 aliphatic carbocycles. The number of rotatable bonds is 8. The van der Waals surface area contributed by atoms with Crippen molar-refractivity contribution in [3.05, 3.63) is 35.8 Å². The molecule has 1 fully saturated rings. The van der Waals surface area contributed by atoms with Gasteiger partial charge in [-0.05, 0) is 42.5 Å². The van der Waals surface area contributed by atoms with Crippen molar-refractivity contribution in [2.24, 2.45) is 10.9 Å². The summed E-state index contributed by atoms with van der Waals surface area (Å²) in [7, 11) is 1.79. The molecule has 1 atom stereocenters. The maximum absolute atomic E-state index is 13.5. The number of nitrogens with one attached hydrogen (secondary N) is 3. The minimum absolute atomic E-state index is 0. The van der Waals surface area contributed by atoms with Crippen LogP contribution in [0.1, 0.15) is 25.8 Å². The fourth-order valence-corrected chi connectivity index (χ4v) is 3.96. The summed E-state index contributed by atoms with van der Waals surface area (Å²) in [6.45, 7) is 9.73. The van der Waals surface area contributed by atoms with Crippen molar-refractivity contribution in [3.8, 4) is 0 Å². The Kier molecular flexibility index (Phi) is 10.3. The maximum Gasteiger partial charge on any atom is 0.191 e. The van der Waals surface area contributed by atoms with Crippen molar-refractivity contribution in [2.75, 3.05) is 46.4 Å². The van der Waals surface area contributed by atoms with Gasteiger partial charge in [0.2, 0.25) is 0 Å². The average Bonchev–Trinajstić information content (AvgIpc) is 3.12. The third-order valence-corrected chi connectivity index (χ3v) is 5.45. The largest absolute Gasteiger partial charge is 0.379 e. The fraction of sp³-hybridized carbons (Fsp3) is 0.591. The average molecular weight is 531 g/mol. The summed E-state index contributed by atoms with van der Waals surface area (Å²) in [5.41, 5.74) is 2.07. The number of aliphatic imine (C=N–C) groups is 1. The Labute approximate surface area is 196 Å². The molecule has 168 valence electrons. The lowest BCUT2D eigenvalue weighted by Crippen LogP contribution is -2.51. The molecule has 8 heteroatoms. The second-order valence-electron chi connectivity index (χ2n) is 8.07. The van der Waals surface area contributed by atoms with E-state index in [1.54, 1.807) is 19.2 Å². The molecule has 2 aromatic rings. The Morgan fingerprint density at radius 2 is 2.03 bits per heavy atom. The molecule has 0 saturated carbocycles. The van der Waals surface area contributed by atoms with Crippen LogP contribution in [-0.4, -0.2) is 68.3 Å². The SMILES string of the molecule is CN=C(NCCc1c[nH]c2ccc(F)cc12)NCC(CC(C)C)N1CCOCC1.I. The van der Waals surface area contributed by atoms with E-state index in [1.807, 2.05) is 6.20 Å². The summed E-state index contributed by atoms with van der Waals surface area (Å²) in [5.74, 6) is 1.24. The number of aromatic amines is 1. The molecule has 6 nitrogen and oxygen atoms in total. The predicted molar refractivity (Wildman–Crippen MR) is 132 cm³/mol. The van der Waals surface area contributed by atoms with Crippen LogP contribution < -0.4 is 10.6 Å². The van der Waals surface area contributed by atoms with Gasteiger partial charge in [-0.15, -0.1) is 24.0 Å². The van der Waals surface area contributed by atoms with Crippen LogP contribution in [0.4, 0.5) is 4.39 Å². The van der Waals surface area contributed by atoms with Crippen molar-refractivity contribution in [1.29, 1.82) is 0 Å². The molecule has 1 unspecified atom stereocenters. The third-order valence-electron chi connectivity index (χ3n) is 5.45. The van der Waals surface area contributed by atoms with Crippen molar-refractivity contribution < 1.29 is 9.13 Å². The van der Waals surface area contributed by atoms with E-state index >= 15 is 0 Å². The van der Waals surface area contributed by atoms with E-state index < -0.39 is 0 Å². The van der Waals surface area contributed by atoms with Gasteiger partial charge in [-0.1, -0.05) is 13.8 Å². The quantitative estimate of drug-likeness (QED) is 0.278. The minimum atomic E-state index is -0.205. The van der Waals surface area contributed by atoms with Gasteiger partial charge in [0.15, 0.2) is 5.96 Å². The van der Waals surface area contributed by atoms with E-state index in [-0.39, 0.29) is 29.8 Å². The summed E-state index contributed by atoms with van der Waals surface area (Å²) in [4.78, 5) is 10.1. The molecule has 30 heavy (non-hydrogen) atoms. The zero-order valence-electron chi connectivity index (χ0n) is 18.2. The molecule has 3 rings (SSSR count). The number of morpholine rings is 1. The van der Waals surface area contributed by atoms with Crippen LogP contribution in [0.5, 0.6) is 0 Å². The van der Waals surface area contributed by atoms with Gasteiger partial charge < -0.3 is 20.4 Å². The molecular formula is C22H35FIN5O. The summed E-state index contributed by atoms with van der Waals surface area (Å²) < 4.78 is 19.1. The normalized spacial score (nSPS) is 16.5. The van der Waals surface area contributed by atoms with Gasteiger partial charge in [-0.2, -0.15) is 0 Å². The van der Waals surface area contributed by atoms with Crippen LogP contribution in [0.15, 0.2) is 29.4 Å². The van der Waals surface area contributed by atoms with Gasteiger partial charge in [0.05, 0.1) is 13.2 Å². The monoisotopic (exact) mass is 531 g/mol. The zero-order chi connectivity index (χ0) is 20.6. The number of hydrogen-bond acceptors (Lipinski definition) is 3. The number of aromatic nitrogens is 1. The van der Waals surface area contributed by atoms with Gasteiger partial charge in [0, 0.05) is 56.4 Å². The first-order valence-electron chi connectivity index (χ1n) is 10.6. The van der Waals surface area contributed by atoms with E-state index in [4.69, 9.17) is 4.74 Å². The lowest BCUT2D eigenvalue weighted by molar-refractivity contribution is 0.0132. The maximum atomic E-state index is 13.5.